The van der Waals surface area contributed by atoms with Gasteiger partial charge in [0.1, 0.15) is 12.1 Å². The van der Waals surface area contributed by atoms with E-state index >= 15 is 0 Å². The molecule has 0 radical (unpaired) electrons. The summed E-state index contributed by atoms with van der Waals surface area (Å²) in [4.78, 5) is 8.25. The van der Waals surface area contributed by atoms with Crippen molar-refractivity contribution in [3.05, 3.63) is 18.1 Å². The third-order valence-electron chi connectivity index (χ3n) is 2.10. The first-order valence-electron chi connectivity index (χ1n) is 5.35. The third-order valence-corrected chi connectivity index (χ3v) is 3.03. The van der Waals surface area contributed by atoms with Crippen LogP contribution in [-0.4, -0.2) is 27.5 Å². The summed E-state index contributed by atoms with van der Waals surface area (Å²) in [7, 11) is 0. The van der Waals surface area contributed by atoms with Crippen LogP contribution in [-0.2, 0) is 0 Å². The molecule has 0 aliphatic heterocycles. The van der Waals surface area contributed by atoms with Crippen molar-refractivity contribution in [2.24, 2.45) is 0 Å². The van der Waals surface area contributed by atoms with Crippen LogP contribution in [0.25, 0.3) is 0 Å². The Morgan fingerprint density at radius 1 is 1.47 bits per heavy atom. The minimum atomic E-state index is 0.471. The molecule has 0 bridgehead atoms. The van der Waals surface area contributed by atoms with Crippen LogP contribution >= 0.6 is 11.8 Å². The van der Waals surface area contributed by atoms with Crippen molar-refractivity contribution in [2.75, 3.05) is 16.8 Å². The Bertz CT molecular complexity index is 291. The molecule has 1 N–H and O–H groups in total. The molecule has 0 saturated carbocycles. The summed E-state index contributed by atoms with van der Waals surface area (Å²) in [5, 5.41) is 3.38. The first kappa shape index (κ1) is 12.3. The standard InChI is InChI=1S/C11H19N3S/c1-4-15-6-5-9(2)14-11-7-10(3)12-8-13-11/h7-9H,4-6H2,1-3H3,(H,12,13,14). The molecule has 0 aliphatic carbocycles. The molecule has 1 atom stereocenters. The maximum absolute atomic E-state index is 4.18. The molecule has 0 amide bonds. The van der Waals surface area contributed by atoms with E-state index < -0.39 is 0 Å². The molecule has 1 rings (SSSR count). The van der Waals surface area contributed by atoms with Crippen LogP contribution in [0.15, 0.2) is 12.4 Å². The lowest BCUT2D eigenvalue weighted by molar-refractivity contribution is 0.765. The molecule has 1 heterocycles. The normalized spacial score (nSPS) is 12.5. The predicted octanol–water partition coefficient (Wildman–Crippen LogP) is 2.73. The Morgan fingerprint density at radius 2 is 2.27 bits per heavy atom. The Morgan fingerprint density at radius 3 is 2.93 bits per heavy atom. The lowest BCUT2D eigenvalue weighted by atomic mass is 10.2. The molecular weight excluding hydrogens is 206 g/mol. The van der Waals surface area contributed by atoms with E-state index in [1.165, 1.54) is 17.9 Å². The number of rotatable bonds is 6. The van der Waals surface area contributed by atoms with Gasteiger partial charge in [-0.1, -0.05) is 6.92 Å². The summed E-state index contributed by atoms with van der Waals surface area (Å²) in [5.41, 5.74) is 1.00. The van der Waals surface area contributed by atoms with Crippen molar-refractivity contribution < 1.29 is 0 Å². The Balaban J connectivity index is 2.34. The minimum Gasteiger partial charge on any atom is -0.367 e. The lowest BCUT2D eigenvalue weighted by Crippen LogP contribution is -2.17. The largest absolute Gasteiger partial charge is 0.367 e. The summed E-state index contributed by atoms with van der Waals surface area (Å²) in [6.07, 6.45) is 2.77. The van der Waals surface area contributed by atoms with E-state index in [0.29, 0.717) is 6.04 Å². The van der Waals surface area contributed by atoms with Gasteiger partial charge in [-0.25, -0.2) is 9.97 Å². The van der Waals surface area contributed by atoms with Crippen LogP contribution in [0.5, 0.6) is 0 Å². The number of nitrogens with one attached hydrogen (secondary N) is 1. The second kappa shape index (κ2) is 6.67. The molecule has 0 fully saturated rings. The van der Waals surface area contributed by atoms with E-state index in [1.54, 1.807) is 6.33 Å². The summed E-state index contributed by atoms with van der Waals surface area (Å²) < 4.78 is 0. The molecule has 15 heavy (non-hydrogen) atoms. The second-order valence-corrected chi connectivity index (χ2v) is 4.97. The van der Waals surface area contributed by atoms with E-state index in [1.807, 2.05) is 24.8 Å². The van der Waals surface area contributed by atoms with E-state index in [9.17, 15) is 0 Å². The fourth-order valence-corrected chi connectivity index (χ4v) is 2.07. The highest BCUT2D eigenvalue weighted by molar-refractivity contribution is 7.99. The highest BCUT2D eigenvalue weighted by atomic mass is 32.2. The van der Waals surface area contributed by atoms with E-state index in [4.69, 9.17) is 0 Å². The van der Waals surface area contributed by atoms with Crippen LogP contribution in [0.3, 0.4) is 0 Å². The summed E-state index contributed by atoms with van der Waals surface area (Å²) >= 11 is 1.98. The molecule has 1 aromatic heterocycles. The maximum atomic E-state index is 4.18. The fraction of sp³-hybridized carbons (Fsp3) is 0.636. The maximum Gasteiger partial charge on any atom is 0.129 e. The zero-order valence-corrected chi connectivity index (χ0v) is 10.5. The SMILES string of the molecule is CCSCCC(C)Nc1cc(C)ncn1. The minimum absolute atomic E-state index is 0.471. The van der Waals surface area contributed by atoms with Gasteiger partial charge in [0.2, 0.25) is 0 Å². The molecule has 0 saturated heterocycles. The second-order valence-electron chi connectivity index (χ2n) is 3.58. The molecule has 0 spiro atoms. The number of aryl methyl sites for hydroxylation is 1. The summed E-state index contributed by atoms with van der Waals surface area (Å²) in [6.45, 7) is 6.36. The Kier molecular flexibility index (Phi) is 5.47. The lowest BCUT2D eigenvalue weighted by Gasteiger charge is -2.13. The van der Waals surface area contributed by atoms with Crippen LogP contribution in [0.1, 0.15) is 26.0 Å². The predicted molar refractivity (Wildman–Crippen MR) is 67.5 cm³/mol. The molecule has 84 valence electrons. The molecule has 1 aromatic rings. The zero-order valence-electron chi connectivity index (χ0n) is 9.66. The van der Waals surface area contributed by atoms with Gasteiger partial charge in [0, 0.05) is 17.8 Å². The molecule has 1 unspecified atom stereocenters. The molecule has 0 aromatic carbocycles. The Labute approximate surface area is 96.1 Å². The Hall–Kier alpha value is -0.770. The van der Waals surface area contributed by atoms with E-state index in [0.717, 1.165) is 11.5 Å². The molecule has 3 nitrogen and oxygen atoms in total. The number of hydrogen-bond donors (Lipinski definition) is 1. The fourth-order valence-electron chi connectivity index (χ4n) is 1.26. The van der Waals surface area contributed by atoms with Gasteiger partial charge < -0.3 is 5.32 Å². The topological polar surface area (TPSA) is 37.8 Å². The van der Waals surface area contributed by atoms with Crippen LogP contribution in [0, 0.1) is 6.92 Å². The van der Waals surface area contributed by atoms with Crippen molar-refractivity contribution in [1.82, 2.24) is 9.97 Å². The van der Waals surface area contributed by atoms with Crippen LogP contribution in [0.4, 0.5) is 5.82 Å². The van der Waals surface area contributed by atoms with Gasteiger partial charge >= 0.3 is 0 Å². The van der Waals surface area contributed by atoms with Crippen molar-refractivity contribution in [3.63, 3.8) is 0 Å². The van der Waals surface area contributed by atoms with Gasteiger partial charge in [-0.2, -0.15) is 11.8 Å². The average molecular weight is 225 g/mol. The number of thioether (sulfide) groups is 1. The number of aromatic nitrogens is 2. The van der Waals surface area contributed by atoms with E-state index in [2.05, 4.69) is 29.1 Å². The average Bonchev–Trinajstić information content (AvgIpc) is 2.18. The van der Waals surface area contributed by atoms with Gasteiger partial charge in [-0.3, -0.25) is 0 Å². The summed E-state index contributed by atoms with van der Waals surface area (Å²) in [6, 6.07) is 2.45. The molecule has 4 heteroatoms. The van der Waals surface area contributed by atoms with Gasteiger partial charge in [-0.15, -0.1) is 0 Å². The zero-order chi connectivity index (χ0) is 11.1. The summed E-state index contributed by atoms with van der Waals surface area (Å²) in [5.74, 6) is 3.32. The van der Waals surface area contributed by atoms with E-state index in [-0.39, 0.29) is 0 Å². The van der Waals surface area contributed by atoms with Crippen molar-refractivity contribution in [1.29, 1.82) is 0 Å². The van der Waals surface area contributed by atoms with Crippen molar-refractivity contribution in [3.8, 4) is 0 Å². The van der Waals surface area contributed by atoms with Gasteiger partial charge in [0.25, 0.3) is 0 Å². The first-order chi connectivity index (χ1) is 7.22. The smallest absolute Gasteiger partial charge is 0.129 e. The van der Waals surface area contributed by atoms with Crippen molar-refractivity contribution in [2.45, 2.75) is 33.2 Å². The highest BCUT2D eigenvalue weighted by Gasteiger charge is 2.02. The monoisotopic (exact) mass is 225 g/mol. The van der Waals surface area contributed by atoms with Gasteiger partial charge in [0.15, 0.2) is 0 Å². The molecule has 0 aliphatic rings. The van der Waals surface area contributed by atoms with Crippen LogP contribution < -0.4 is 5.32 Å². The highest BCUT2D eigenvalue weighted by Crippen LogP contribution is 2.09. The number of nitrogens with zero attached hydrogens (tertiary/aromatic N) is 2. The van der Waals surface area contributed by atoms with Crippen LogP contribution in [0.2, 0.25) is 0 Å². The number of hydrogen-bond acceptors (Lipinski definition) is 4. The quantitative estimate of drug-likeness (QED) is 0.755. The first-order valence-corrected chi connectivity index (χ1v) is 6.50. The van der Waals surface area contributed by atoms with Gasteiger partial charge in [0.05, 0.1) is 0 Å². The number of anilines is 1. The molecular formula is C11H19N3S. The third kappa shape index (κ3) is 5.02. The van der Waals surface area contributed by atoms with Crippen molar-refractivity contribution >= 4 is 17.6 Å². The van der Waals surface area contributed by atoms with Gasteiger partial charge in [-0.05, 0) is 31.8 Å².